The van der Waals surface area contributed by atoms with Gasteiger partial charge in [-0.15, -0.1) is 0 Å². The molecule has 1 unspecified atom stereocenters. The standard InChI is InChI=1S/C76H136O6/c1-4-7-10-13-16-19-22-25-28-31-33-35-37-38-40-41-43-45-48-51-54-57-60-63-66-69-75(78)81-72-73(71-80-74(77)68-65-62-59-56-53-50-47-30-27-24-21-18-15-12-9-6-3)82-76(79)70-67-64-61-58-55-52-49-46-44-42-39-36-34-32-29-26-23-20-17-14-11-8-5-2/h7,10,16,19,25,28,33,35,38,40,43,45,73H,4-6,8-9,11-15,17-18,20-24,26-27,29-32,34,36-37,39,41-42,44,46-72H2,1-3H3/b10-7-,19-16-,28-25-,35-33-,40-38-,45-43-. The van der Waals surface area contributed by atoms with Crippen LogP contribution >= 0.6 is 0 Å². The molecule has 0 saturated heterocycles. The quantitative estimate of drug-likeness (QED) is 0.0261. The van der Waals surface area contributed by atoms with Crippen LogP contribution in [0.4, 0.5) is 0 Å². The van der Waals surface area contributed by atoms with Crippen molar-refractivity contribution in [2.24, 2.45) is 0 Å². The maximum absolute atomic E-state index is 13.0. The van der Waals surface area contributed by atoms with Crippen LogP contribution in [0.2, 0.25) is 0 Å². The third kappa shape index (κ3) is 67.6. The Labute approximate surface area is 510 Å². The highest BCUT2D eigenvalue weighted by Crippen LogP contribution is 2.18. The van der Waals surface area contributed by atoms with Gasteiger partial charge >= 0.3 is 17.9 Å². The Balaban J connectivity index is 4.34. The number of allylic oxidation sites excluding steroid dienone is 12. The Morgan fingerprint density at radius 1 is 0.256 bits per heavy atom. The zero-order valence-corrected chi connectivity index (χ0v) is 54.8. The summed E-state index contributed by atoms with van der Waals surface area (Å²) < 4.78 is 17.0. The van der Waals surface area contributed by atoms with Crippen molar-refractivity contribution in [3.05, 3.63) is 72.9 Å². The maximum atomic E-state index is 13.0. The molecule has 476 valence electrons. The van der Waals surface area contributed by atoms with E-state index in [0.29, 0.717) is 19.3 Å². The van der Waals surface area contributed by atoms with E-state index in [4.69, 9.17) is 14.2 Å². The molecule has 0 aromatic carbocycles. The second kappa shape index (κ2) is 70.3. The highest BCUT2D eigenvalue weighted by molar-refractivity contribution is 5.71. The summed E-state index contributed by atoms with van der Waals surface area (Å²) in [6, 6.07) is 0. The molecule has 6 nitrogen and oxygen atoms in total. The van der Waals surface area contributed by atoms with Gasteiger partial charge in [0, 0.05) is 19.3 Å². The topological polar surface area (TPSA) is 78.9 Å². The third-order valence-electron chi connectivity index (χ3n) is 16.0. The fourth-order valence-corrected chi connectivity index (χ4v) is 10.6. The highest BCUT2D eigenvalue weighted by Gasteiger charge is 2.19. The lowest BCUT2D eigenvalue weighted by atomic mass is 10.0. The Bertz CT molecular complexity index is 1500. The first kappa shape index (κ1) is 78.8. The van der Waals surface area contributed by atoms with Crippen LogP contribution < -0.4 is 0 Å². The van der Waals surface area contributed by atoms with Gasteiger partial charge < -0.3 is 14.2 Å². The molecule has 0 aliphatic rings. The van der Waals surface area contributed by atoms with Gasteiger partial charge in [-0.2, -0.15) is 0 Å². The number of carbonyl (C=O) groups is 3. The van der Waals surface area contributed by atoms with Crippen LogP contribution in [-0.2, 0) is 28.6 Å². The van der Waals surface area contributed by atoms with Crippen molar-refractivity contribution in [1.82, 2.24) is 0 Å². The molecule has 6 heteroatoms. The van der Waals surface area contributed by atoms with Gasteiger partial charge in [0.15, 0.2) is 6.10 Å². The molecular weight excluding hydrogens is 1010 g/mol. The molecule has 0 aliphatic heterocycles. The van der Waals surface area contributed by atoms with Crippen LogP contribution in [0.15, 0.2) is 72.9 Å². The number of esters is 3. The number of carbonyl (C=O) groups excluding carboxylic acids is 3. The van der Waals surface area contributed by atoms with E-state index >= 15 is 0 Å². The van der Waals surface area contributed by atoms with E-state index in [1.807, 2.05) is 0 Å². The van der Waals surface area contributed by atoms with Crippen molar-refractivity contribution in [2.45, 2.75) is 380 Å². The maximum Gasteiger partial charge on any atom is 0.306 e. The zero-order valence-electron chi connectivity index (χ0n) is 54.8. The summed E-state index contributed by atoms with van der Waals surface area (Å²) >= 11 is 0. The number of unbranched alkanes of at least 4 members (excludes halogenated alkanes) is 43. The fourth-order valence-electron chi connectivity index (χ4n) is 10.6. The molecule has 0 rings (SSSR count). The lowest BCUT2D eigenvalue weighted by molar-refractivity contribution is -0.167. The molecule has 0 aromatic rings. The van der Waals surface area contributed by atoms with Crippen molar-refractivity contribution >= 4 is 17.9 Å². The van der Waals surface area contributed by atoms with Crippen molar-refractivity contribution in [3.8, 4) is 0 Å². The van der Waals surface area contributed by atoms with Crippen LogP contribution in [0.1, 0.15) is 374 Å². The van der Waals surface area contributed by atoms with Gasteiger partial charge in [-0.05, 0) is 70.6 Å². The third-order valence-corrected chi connectivity index (χ3v) is 16.0. The minimum Gasteiger partial charge on any atom is -0.462 e. The molecule has 0 aromatic heterocycles. The summed E-state index contributed by atoms with van der Waals surface area (Å²) in [6.07, 6.45) is 92.1. The van der Waals surface area contributed by atoms with E-state index in [1.54, 1.807) is 0 Å². The minimum atomic E-state index is -0.781. The SMILES string of the molecule is CC/C=C\C/C=C\C/C=C\C/C=C\C/C=C\C/C=C\CCCCCCCCC(=O)OCC(COC(=O)CCCCCCCCCCCCCCCCCC)OC(=O)CCCCCCCCCCCCCCCCCCCCCCCCC. The predicted molar refractivity (Wildman–Crippen MR) is 358 cm³/mol. The van der Waals surface area contributed by atoms with Gasteiger partial charge in [0.1, 0.15) is 13.2 Å². The molecule has 0 amide bonds. The summed E-state index contributed by atoms with van der Waals surface area (Å²) in [5, 5.41) is 0. The van der Waals surface area contributed by atoms with Crippen molar-refractivity contribution in [2.75, 3.05) is 13.2 Å². The summed E-state index contributed by atoms with van der Waals surface area (Å²) in [4.78, 5) is 38.5. The zero-order chi connectivity index (χ0) is 59.2. The molecule has 0 bridgehead atoms. The van der Waals surface area contributed by atoms with Crippen LogP contribution in [0.3, 0.4) is 0 Å². The number of hydrogen-bond donors (Lipinski definition) is 0. The summed E-state index contributed by atoms with van der Waals surface area (Å²) in [7, 11) is 0. The molecule has 0 saturated carbocycles. The molecule has 1 atom stereocenters. The molecular formula is C76H136O6. The summed E-state index contributed by atoms with van der Waals surface area (Å²) in [5.41, 5.74) is 0. The Hall–Kier alpha value is -3.15. The van der Waals surface area contributed by atoms with Crippen LogP contribution in [0, 0.1) is 0 Å². The summed E-state index contributed by atoms with van der Waals surface area (Å²) in [5.74, 6) is -0.864. The van der Waals surface area contributed by atoms with Crippen molar-refractivity contribution in [1.29, 1.82) is 0 Å². The average Bonchev–Trinajstić information content (AvgIpc) is 3.47. The van der Waals surface area contributed by atoms with Gasteiger partial charge in [0.05, 0.1) is 0 Å². The predicted octanol–water partition coefficient (Wildman–Crippen LogP) is 24.8. The first-order valence-electron chi connectivity index (χ1n) is 35.9. The van der Waals surface area contributed by atoms with E-state index < -0.39 is 6.10 Å². The van der Waals surface area contributed by atoms with Gasteiger partial charge in [-0.25, -0.2) is 0 Å². The van der Waals surface area contributed by atoms with Gasteiger partial charge in [-0.1, -0.05) is 357 Å². The Kier molecular flexibility index (Phi) is 67.6. The number of ether oxygens (including phenoxy) is 3. The second-order valence-corrected chi connectivity index (χ2v) is 24.1. The fraction of sp³-hybridized carbons (Fsp3) is 0.803. The first-order chi connectivity index (χ1) is 40.5. The Morgan fingerprint density at radius 3 is 0.744 bits per heavy atom. The smallest absolute Gasteiger partial charge is 0.306 e. The Morgan fingerprint density at radius 2 is 0.476 bits per heavy atom. The average molecular weight is 1150 g/mol. The lowest BCUT2D eigenvalue weighted by Gasteiger charge is -2.18. The summed E-state index contributed by atoms with van der Waals surface area (Å²) in [6.45, 7) is 6.58. The van der Waals surface area contributed by atoms with Gasteiger partial charge in [0.25, 0.3) is 0 Å². The minimum absolute atomic E-state index is 0.0747. The molecule has 0 heterocycles. The van der Waals surface area contributed by atoms with E-state index in [1.165, 1.54) is 231 Å². The van der Waals surface area contributed by atoms with Crippen LogP contribution in [-0.4, -0.2) is 37.2 Å². The molecule has 0 N–H and O–H groups in total. The molecule has 0 spiro atoms. The highest BCUT2D eigenvalue weighted by atomic mass is 16.6. The van der Waals surface area contributed by atoms with E-state index in [-0.39, 0.29) is 31.1 Å². The van der Waals surface area contributed by atoms with E-state index in [9.17, 15) is 14.4 Å². The van der Waals surface area contributed by atoms with E-state index in [0.717, 1.165) is 103 Å². The van der Waals surface area contributed by atoms with Gasteiger partial charge in [0.2, 0.25) is 0 Å². The number of rotatable bonds is 66. The molecule has 0 radical (unpaired) electrons. The molecule has 0 aliphatic carbocycles. The molecule has 82 heavy (non-hydrogen) atoms. The molecule has 0 fully saturated rings. The van der Waals surface area contributed by atoms with Crippen molar-refractivity contribution in [3.63, 3.8) is 0 Å². The second-order valence-electron chi connectivity index (χ2n) is 24.1. The normalized spacial score (nSPS) is 12.5. The van der Waals surface area contributed by atoms with Crippen molar-refractivity contribution < 1.29 is 28.6 Å². The number of hydrogen-bond acceptors (Lipinski definition) is 6. The monoisotopic (exact) mass is 1150 g/mol. The largest absolute Gasteiger partial charge is 0.462 e. The van der Waals surface area contributed by atoms with Gasteiger partial charge in [-0.3, -0.25) is 14.4 Å². The van der Waals surface area contributed by atoms with Crippen LogP contribution in [0.25, 0.3) is 0 Å². The van der Waals surface area contributed by atoms with Crippen LogP contribution in [0.5, 0.6) is 0 Å². The first-order valence-corrected chi connectivity index (χ1v) is 35.9. The van der Waals surface area contributed by atoms with E-state index in [2.05, 4.69) is 93.7 Å². The lowest BCUT2D eigenvalue weighted by Crippen LogP contribution is -2.30.